The zero-order valence-corrected chi connectivity index (χ0v) is 12.6. The van der Waals surface area contributed by atoms with Crippen molar-refractivity contribution in [3.05, 3.63) is 57.4 Å². The third-order valence-corrected chi connectivity index (χ3v) is 3.57. The molecule has 1 aromatic heterocycles. The monoisotopic (exact) mass is 293 g/mol. The highest BCUT2D eigenvalue weighted by atomic mass is 35.5. The molecule has 3 nitrogen and oxygen atoms in total. The molecule has 0 aliphatic rings. The first-order chi connectivity index (χ1) is 9.52. The first-order valence-electron chi connectivity index (χ1n) is 6.43. The molecule has 0 aliphatic carbocycles. The number of hydrogen-bond donors (Lipinski definition) is 1. The standard InChI is InChI=1S/C15H17ClFN3/c1-9-12(8-18-3)10(2)20-15(19-9)7-11-13(16)5-4-6-14(11)17/h4-6,18H,7-8H2,1-3H3. The van der Waals surface area contributed by atoms with Gasteiger partial charge in [-0.1, -0.05) is 17.7 Å². The highest BCUT2D eigenvalue weighted by Gasteiger charge is 2.12. The Labute approximate surface area is 123 Å². The Bertz CT molecular complexity index is 585. The Morgan fingerprint density at radius 1 is 1.15 bits per heavy atom. The number of rotatable bonds is 4. The van der Waals surface area contributed by atoms with Gasteiger partial charge in [-0.15, -0.1) is 0 Å². The van der Waals surface area contributed by atoms with Gasteiger partial charge in [-0.25, -0.2) is 14.4 Å². The van der Waals surface area contributed by atoms with Crippen LogP contribution < -0.4 is 5.32 Å². The van der Waals surface area contributed by atoms with Crippen LogP contribution in [0.3, 0.4) is 0 Å². The van der Waals surface area contributed by atoms with Gasteiger partial charge in [0.25, 0.3) is 0 Å². The van der Waals surface area contributed by atoms with Crippen LogP contribution in [0.5, 0.6) is 0 Å². The Morgan fingerprint density at radius 2 is 1.80 bits per heavy atom. The van der Waals surface area contributed by atoms with Crippen molar-refractivity contribution in [2.24, 2.45) is 0 Å². The second kappa shape index (κ2) is 6.29. The van der Waals surface area contributed by atoms with Crippen molar-refractivity contribution in [3.63, 3.8) is 0 Å². The molecule has 0 unspecified atom stereocenters. The van der Waals surface area contributed by atoms with E-state index >= 15 is 0 Å². The van der Waals surface area contributed by atoms with Gasteiger partial charge in [0.15, 0.2) is 0 Å². The number of aryl methyl sites for hydroxylation is 2. The summed E-state index contributed by atoms with van der Waals surface area (Å²) in [4.78, 5) is 8.91. The first-order valence-corrected chi connectivity index (χ1v) is 6.81. The highest BCUT2D eigenvalue weighted by molar-refractivity contribution is 6.31. The van der Waals surface area contributed by atoms with Crippen LogP contribution in [0.15, 0.2) is 18.2 Å². The summed E-state index contributed by atoms with van der Waals surface area (Å²) >= 11 is 6.03. The van der Waals surface area contributed by atoms with Crippen LogP contribution in [0, 0.1) is 19.7 Å². The molecular formula is C15H17ClFN3. The molecule has 0 bridgehead atoms. The summed E-state index contributed by atoms with van der Waals surface area (Å²) in [5, 5.41) is 3.50. The largest absolute Gasteiger partial charge is 0.316 e. The summed E-state index contributed by atoms with van der Waals surface area (Å²) in [6.07, 6.45) is 0.299. The second-order valence-corrected chi connectivity index (χ2v) is 5.10. The van der Waals surface area contributed by atoms with E-state index in [-0.39, 0.29) is 5.82 Å². The maximum absolute atomic E-state index is 13.8. The van der Waals surface area contributed by atoms with Crippen LogP contribution >= 0.6 is 11.6 Å². The molecule has 1 N–H and O–H groups in total. The molecule has 0 saturated carbocycles. The minimum absolute atomic E-state index is 0.299. The van der Waals surface area contributed by atoms with E-state index in [1.165, 1.54) is 6.07 Å². The molecule has 20 heavy (non-hydrogen) atoms. The topological polar surface area (TPSA) is 37.8 Å². The van der Waals surface area contributed by atoms with E-state index < -0.39 is 0 Å². The molecule has 0 aliphatic heterocycles. The van der Waals surface area contributed by atoms with Crippen LogP contribution in [-0.4, -0.2) is 17.0 Å². The van der Waals surface area contributed by atoms with Crippen molar-refractivity contribution in [2.45, 2.75) is 26.8 Å². The van der Waals surface area contributed by atoms with Gasteiger partial charge in [0.05, 0.1) is 0 Å². The van der Waals surface area contributed by atoms with Gasteiger partial charge < -0.3 is 5.32 Å². The molecule has 1 aromatic carbocycles. The van der Waals surface area contributed by atoms with Gasteiger partial charge in [0.1, 0.15) is 11.6 Å². The van der Waals surface area contributed by atoms with Gasteiger partial charge in [-0.2, -0.15) is 0 Å². The zero-order valence-electron chi connectivity index (χ0n) is 11.8. The lowest BCUT2D eigenvalue weighted by Gasteiger charge is -2.11. The van der Waals surface area contributed by atoms with Gasteiger partial charge in [0, 0.05) is 40.5 Å². The number of nitrogens with one attached hydrogen (secondary N) is 1. The fraction of sp³-hybridized carbons (Fsp3) is 0.333. The van der Waals surface area contributed by atoms with Gasteiger partial charge in [-0.05, 0) is 33.0 Å². The van der Waals surface area contributed by atoms with Crippen LogP contribution in [-0.2, 0) is 13.0 Å². The minimum atomic E-state index is -0.323. The van der Waals surface area contributed by atoms with Gasteiger partial charge in [-0.3, -0.25) is 0 Å². The fourth-order valence-electron chi connectivity index (χ4n) is 2.18. The van der Waals surface area contributed by atoms with Crippen LogP contribution in [0.2, 0.25) is 5.02 Å². The summed E-state index contributed by atoms with van der Waals surface area (Å²) in [5.74, 6) is 0.266. The molecule has 0 radical (unpaired) electrons. The maximum Gasteiger partial charge on any atom is 0.133 e. The third-order valence-electron chi connectivity index (χ3n) is 3.22. The van der Waals surface area contributed by atoms with Gasteiger partial charge in [0.2, 0.25) is 0 Å². The summed E-state index contributed by atoms with van der Waals surface area (Å²) in [7, 11) is 1.88. The molecular weight excluding hydrogens is 277 g/mol. The summed E-state index contributed by atoms with van der Waals surface area (Å²) in [6, 6.07) is 4.67. The molecule has 0 spiro atoms. The molecule has 0 atom stereocenters. The predicted molar refractivity (Wildman–Crippen MR) is 78.5 cm³/mol. The quantitative estimate of drug-likeness (QED) is 0.941. The third kappa shape index (κ3) is 3.14. The normalized spacial score (nSPS) is 10.8. The summed E-state index contributed by atoms with van der Waals surface area (Å²) < 4.78 is 13.8. The SMILES string of the molecule is CNCc1c(C)nc(Cc2c(F)cccc2Cl)nc1C. The van der Waals surface area contributed by atoms with Crippen LogP contribution in [0.4, 0.5) is 4.39 Å². The van der Waals surface area contributed by atoms with E-state index in [4.69, 9.17) is 11.6 Å². The van der Waals surface area contributed by atoms with Crippen molar-refractivity contribution in [1.29, 1.82) is 0 Å². The van der Waals surface area contributed by atoms with E-state index in [1.54, 1.807) is 12.1 Å². The lowest BCUT2D eigenvalue weighted by Crippen LogP contribution is -2.13. The molecule has 0 saturated heterocycles. The van der Waals surface area contributed by atoms with Crippen molar-refractivity contribution >= 4 is 11.6 Å². The summed E-state index contributed by atoms with van der Waals surface area (Å²) in [6.45, 7) is 4.60. The lowest BCUT2D eigenvalue weighted by molar-refractivity contribution is 0.611. The minimum Gasteiger partial charge on any atom is -0.316 e. The van der Waals surface area contributed by atoms with Crippen LogP contribution in [0.25, 0.3) is 0 Å². The molecule has 0 fully saturated rings. The molecule has 106 valence electrons. The zero-order chi connectivity index (χ0) is 14.7. The molecule has 1 heterocycles. The Morgan fingerprint density at radius 3 is 2.35 bits per heavy atom. The van der Waals surface area contributed by atoms with E-state index in [1.807, 2.05) is 20.9 Å². The van der Waals surface area contributed by atoms with E-state index in [9.17, 15) is 4.39 Å². The number of aromatic nitrogens is 2. The maximum atomic E-state index is 13.8. The van der Waals surface area contributed by atoms with Crippen molar-refractivity contribution in [1.82, 2.24) is 15.3 Å². The Hall–Kier alpha value is -1.52. The molecule has 2 rings (SSSR count). The number of benzene rings is 1. The van der Waals surface area contributed by atoms with Crippen molar-refractivity contribution < 1.29 is 4.39 Å². The van der Waals surface area contributed by atoms with Crippen molar-refractivity contribution in [2.75, 3.05) is 7.05 Å². The molecule has 5 heteroatoms. The van der Waals surface area contributed by atoms with Gasteiger partial charge >= 0.3 is 0 Å². The number of halogens is 2. The fourth-order valence-corrected chi connectivity index (χ4v) is 2.41. The Kier molecular flexibility index (Phi) is 4.68. The summed E-state index contributed by atoms with van der Waals surface area (Å²) in [5.41, 5.74) is 3.34. The molecule has 2 aromatic rings. The van der Waals surface area contributed by atoms with E-state index in [2.05, 4.69) is 15.3 Å². The smallest absolute Gasteiger partial charge is 0.133 e. The Balaban J connectivity index is 2.35. The highest BCUT2D eigenvalue weighted by Crippen LogP contribution is 2.22. The van der Waals surface area contributed by atoms with Crippen LogP contribution in [0.1, 0.15) is 28.3 Å². The average Bonchev–Trinajstić information content (AvgIpc) is 2.38. The lowest BCUT2D eigenvalue weighted by atomic mass is 10.1. The predicted octanol–water partition coefficient (Wildman–Crippen LogP) is 3.20. The molecule has 0 amide bonds. The van der Waals surface area contributed by atoms with Crippen molar-refractivity contribution in [3.8, 4) is 0 Å². The van der Waals surface area contributed by atoms with E-state index in [0.717, 1.165) is 23.5 Å². The van der Waals surface area contributed by atoms with E-state index in [0.29, 0.717) is 22.8 Å². The number of hydrogen-bond acceptors (Lipinski definition) is 3. The second-order valence-electron chi connectivity index (χ2n) is 4.70. The average molecular weight is 294 g/mol. The number of nitrogens with zero attached hydrogens (tertiary/aromatic N) is 2. The first kappa shape index (κ1) is 14.9.